The molecule has 4 nitrogen and oxygen atoms in total. The highest BCUT2D eigenvalue weighted by molar-refractivity contribution is 7.89. The lowest BCUT2D eigenvalue weighted by Gasteiger charge is -2.18. The normalized spacial score (nSPS) is 17.4. The Morgan fingerprint density at radius 1 is 1.35 bits per heavy atom. The van der Waals surface area contributed by atoms with E-state index < -0.39 is 10.0 Å². The van der Waals surface area contributed by atoms with Crippen molar-refractivity contribution in [3.05, 3.63) is 23.8 Å². The van der Waals surface area contributed by atoms with Gasteiger partial charge in [0.25, 0.3) is 0 Å². The van der Waals surface area contributed by atoms with Crippen molar-refractivity contribution < 1.29 is 8.42 Å². The Morgan fingerprint density at radius 2 is 2.10 bits per heavy atom. The van der Waals surface area contributed by atoms with Crippen molar-refractivity contribution in [2.45, 2.75) is 51.0 Å². The molecular weight excluding hydrogens is 272 g/mol. The summed E-state index contributed by atoms with van der Waals surface area (Å²) in [5, 5.41) is 3.22. The Labute approximate surface area is 122 Å². The van der Waals surface area contributed by atoms with Crippen molar-refractivity contribution in [2.75, 3.05) is 11.9 Å². The van der Waals surface area contributed by atoms with Crippen LogP contribution in [-0.2, 0) is 16.4 Å². The molecule has 20 heavy (non-hydrogen) atoms. The molecule has 112 valence electrons. The first kappa shape index (κ1) is 15.3. The maximum absolute atomic E-state index is 12.4. The van der Waals surface area contributed by atoms with Crippen LogP contribution in [0.3, 0.4) is 0 Å². The molecule has 5 heteroatoms. The van der Waals surface area contributed by atoms with Crippen LogP contribution in [0.25, 0.3) is 0 Å². The number of nitrogens with one attached hydrogen (secondary N) is 2. The summed E-state index contributed by atoms with van der Waals surface area (Å²) in [7, 11) is -3.42. The summed E-state index contributed by atoms with van der Waals surface area (Å²) in [5.41, 5.74) is 2.14. The number of benzene rings is 1. The number of rotatable bonds is 6. The molecule has 2 unspecified atom stereocenters. The van der Waals surface area contributed by atoms with Crippen LogP contribution in [-0.4, -0.2) is 21.0 Å². The van der Waals surface area contributed by atoms with Gasteiger partial charge in [0.2, 0.25) is 10.0 Å². The van der Waals surface area contributed by atoms with Crippen LogP contribution in [0.4, 0.5) is 5.69 Å². The average Bonchev–Trinajstić information content (AvgIpc) is 2.84. The van der Waals surface area contributed by atoms with Crippen LogP contribution in [0.2, 0.25) is 0 Å². The molecule has 1 aliphatic heterocycles. The highest BCUT2D eigenvalue weighted by Gasteiger charge is 2.20. The fourth-order valence-electron chi connectivity index (χ4n) is 2.59. The summed E-state index contributed by atoms with van der Waals surface area (Å²) in [6.07, 6.45) is 2.89. The fourth-order valence-corrected chi connectivity index (χ4v) is 3.87. The van der Waals surface area contributed by atoms with E-state index in [0.29, 0.717) is 10.8 Å². The van der Waals surface area contributed by atoms with Crippen molar-refractivity contribution in [2.24, 2.45) is 5.92 Å². The van der Waals surface area contributed by atoms with Crippen molar-refractivity contribution >= 4 is 15.7 Å². The zero-order valence-corrected chi connectivity index (χ0v) is 13.3. The molecule has 2 atom stereocenters. The molecule has 1 aromatic rings. The maximum Gasteiger partial charge on any atom is 0.240 e. The summed E-state index contributed by atoms with van der Waals surface area (Å²) in [6.45, 7) is 7.08. The van der Waals surface area contributed by atoms with E-state index in [4.69, 9.17) is 0 Å². The van der Waals surface area contributed by atoms with Crippen LogP contribution in [0.15, 0.2) is 23.1 Å². The molecule has 0 fully saturated rings. The van der Waals surface area contributed by atoms with Crippen molar-refractivity contribution in [3.63, 3.8) is 0 Å². The first-order chi connectivity index (χ1) is 9.42. The van der Waals surface area contributed by atoms with Gasteiger partial charge in [-0.25, -0.2) is 13.1 Å². The highest BCUT2D eigenvalue weighted by atomic mass is 32.2. The van der Waals surface area contributed by atoms with Gasteiger partial charge in [-0.05, 0) is 43.4 Å². The topological polar surface area (TPSA) is 58.2 Å². The van der Waals surface area contributed by atoms with Crippen LogP contribution in [0.5, 0.6) is 0 Å². The number of fused-ring (bicyclic) bond motifs is 1. The van der Waals surface area contributed by atoms with Crippen LogP contribution >= 0.6 is 0 Å². The minimum atomic E-state index is -3.42. The average molecular weight is 296 g/mol. The molecular formula is C15H24N2O2S. The van der Waals surface area contributed by atoms with Crippen LogP contribution in [0, 0.1) is 5.92 Å². The van der Waals surface area contributed by atoms with E-state index in [-0.39, 0.29) is 6.04 Å². The minimum absolute atomic E-state index is 0.0452. The van der Waals surface area contributed by atoms with Gasteiger partial charge in [-0.1, -0.05) is 26.3 Å². The smallest absolute Gasteiger partial charge is 0.240 e. The Kier molecular flexibility index (Phi) is 4.70. The largest absolute Gasteiger partial charge is 0.384 e. The number of hydrogen-bond donors (Lipinski definition) is 2. The predicted molar refractivity (Wildman–Crippen MR) is 82.5 cm³/mol. The van der Waals surface area contributed by atoms with Gasteiger partial charge in [0, 0.05) is 18.3 Å². The van der Waals surface area contributed by atoms with Crippen molar-refractivity contribution in [1.82, 2.24) is 4.72 Å². The van der Waals surface area contributed by atoms with E-state index in [9.17, 15) is 8.42 Å². The second kappa shape index (κ2) is 6.14. The van der Waals surface area contributed by atoms with Crippen LogP contribution in [0.1, 0.15) is 39.2 Å². The van der Waals surface area contributed by atoms with Crippen molar-refractivity contribution in [3.8, 4) is 0 Å². The Hall–Kier alpha value is -1.07. The van der Waals surface area contributed by atoms with Gasteiger partial charge in [0.15, 0.2) is 0 Å². The maximum atomic E-state index is 12.4. The summed E-state index contributed by atoms with van der Waals surface area (Å²) in [6, 6.07) is 5.30. The molecule has 2 N–H and O–H groups in total. The van der Waals surface area contributed by atoms with Gasteiger partial charge < -0.3 is 5.32 Å². The zero-order chi connectivity index (χ0) is 14.8. The number of sulfonamides is 1. The summed E-state index contributed by atoms with van der Waals surface area (Å²) < 4.78 is 27.5. The third kappa shape index (κ3) is 3.52. The van der Waals surface area contributed by atoms with E-state index in [1.807, 2.05) is 13.0 Å². The van der Waals surface area contributed by atoms with E-state index in [1.165, 1.54) is 5.56 Å². The van der Waals surface area contributed by atoms with Gasteiger partial charge in [-0.2, -0.15) is 0 Å². The third-order valence-corrected chi connectivity index (χ3v) is 5.50. The third-order valence-electron chi connectivity index (χ3n) is 3.91. The Morgan fingerprint density at radius 3 is 2.80 bits per heavy atom. The standard InChI is InChI=1S/C15H24N2O2S/c1-4-11(2)9-12(3)17-20(18,19)14-6-5-13-7-8-16-15(13)10-14/h5-6,10-12,16-17H,4,7-9H2,1-3H3. The van der Waals surface area contributed by atoms with Gasteiger partial charge in [0.1, 0.15) is 0 Å². The lowest BCUT2D eigenvalue weighted by atomic mass is 10.0. The lowest BCUT2D eigenvalue weighted by molar-refractivity contribution is 0.445. The molecule has 1 aromatic carbocycles. The second-order valence-corrected chi connectivity index (χ2v) is 7.48. The second-order valence-electron chi connectivity index (χ2n) is 5.77. The molecule has 1 heterocycles. The van der Waals surface area contributed by atoms with E-state index in [0.717, 1.165) is 31.5 Å². The molecule has 0 saturated heterocycles. The first-order valence-electron chi connectivity index (χ1n) is 7.31. The molecule has 0 aliphatic carbocycles. The Balaban J connectivity index is 2.10. The summed E-state index contributed by atoms with van der Waals surface area (Å²) in [5.74, 6) is 0.523. The van der Waals surface area contributed by atoms with Gasteiger partial charge in [-0.3, -0.25) is 0 Å². The van der Waals surface area contributed by atoms with Crippen molar-refractivity contribution in [1.29, 1.82) is 0 Å². The lowest BCUT2D eigenvalue weighted by Crippen LogP contribution is -2.33. The molecule has 0 amide bonds. The summed E-state index contributed by atoms with van der Waals surface area (Å²) >= 11 is 0. The monoisotopic (exact) mass is 296 g/mol. The first-order valence-corrected chi connectivity index (χ1v) is 8.80. The molecule has 0 bridgehead atoms. The van der Waals surface area contributed by atoms with Gasteiger partial charge in [-0.15, -0.1) is 0 Å². The van der Waals surface area contributed by atoms with E-state index in [1.54, 1.807) is 12.1 Å². The quantitative estimate of drug-likeness (QED) is 0.848. The van der Waals surface area contributed by atoms with Crippen LogP contribution < -0.4 is 10.0 Å². The highest BCUT2D eigenvalue weighted by Crippen LogP contribution is 2.25. The fraction of sp³-hybridized carbons (Fsp3) is 0.600. The van der Waals surface area contributed by atoms with E-state index >= 15 is 0 Å². The van der Waals surface area contributed by atoms with Gasteiger partial charge in [0.05, 0.1) is 4.90 Å². The van der Waals surface area contributed by atoms with E-state index in [2.05, 4.69) is 23.9 Å². The Bertz CT molecular complexity index is 569. The molecule has 0 spiro atoms. The molecule has 0 radical (unpaired) electrons. The summed E-state index contributed by atoms with van der Waals surface area (Å²) in [4.78, 5) is 0.349. The van der Waals surface area contributed by atoms with Gasteiger partial charge >= 0.3 is 0 Å². The number of hydrogen-bond acceptors (Lipinski definition) is 3. The molecule has 1 aliphatic rings. The predicted octanol–water partition coefficient (Wildman–Crippen LogP) is 2.76. The zero-order valence-electron chi connectivity index (χ0n) is 12.4. The number of anilines is 1. The molecule has 0 saturated carbocycles. The minimum Gasteiger partial charge on any atom is -0.384 e. The molecule has 0 aromatic heterocycles. The SMILES string of the molecule is CCC(C)CC(C)NS(=O)(=O)c1ccc2c(c1)NCC2. The molecule has 2 rings (SSSR count).